The molecule has 130 valence electrons. The van der Waals surface area contributed by atoms with E-state index in [-0.39, 0.29) is 17.7 Å². The number of aliphatic carboxylic acids is 1. The molecule has 0 aliphatic heterocycles. The number of amides is 1. The molecule has 1 aromatic heterocycles. The van der Waals surface area contributed by atoms with Crippen LogP contribution in [0.1, 0.15) is 33.6 Å². The van der Waals surface area contributed by atoms with Crippen LogP contribution in [0.5, 0.6) is 0 Å². The minimum Gasteiger partial charge on any atom is -0.481 e. The van der Waals surface area contributed by atoms with E-state index in [1.807, 2.05) is 0 Å². The Morgan fingerprint density at radius 2 is 2.04 bits per heavy atom. The molecule has 0 aliphatic rings. The molecular formula is C13H22N4O5S. The smallest absolute Gasteiger partial charge is 0.303 e. The Kier molecular flexibility index (Phi) is 5.89. The standard InChI is InChI=1S/C13H22N4O5S/c1-9(12(20)15-13(2,3)6-5-11(18)19)16-23(21,22)10-7-14-17(4)8-10/h7-9,16H,5-6H2,1-4H3,(H,15,20)(H,18,19). The fourth-order valence-electron chi connectivity index (χ4n) is 1.82. The summed E-state index contributed by atoms with van der Waals surface area (Å²) in [6.45, 7) is 4.77. The van der Waals surface area contributed by atoms with Gasteiger partial charge in [0.15, 0.2) is 0 Å². The Labute approximate surface area is 135 Å². The molecule has 0 bridgehead atoms. The van der Waals surface area contributed by atoms with Crippen molar-refractivity contribution in [1.29, 1.82) is 0 Å². The topological polar surface area (TPSA) is 130 Å². The first kappa shape index (κ1) is 19.1. The number of aryl methyl sites for hydroxylation is 1. The number of hydrogen-bond acceptors (Lipinski definition) is 5. The Bertz CT molecular complexity index is 680. The van der Waals surface area contributed by atoms with Crippen molar-refractivity contribution in [3.63, 3.8) is 0 Å². The van der Waals surface area contributed by atoms with Crippen molar-refractivity contribution in [2.75, 3.05) is 0 Å². The maximum atomic E-state index is 12.1. The largest absolute Gasteiger partial charge is 0.481 e. The number of nitrogens with one attached hydrogen (secondary N) is 2. The average molecular weight is 346 g/mol. The summed E-state index contributed by atoms with van der Waals surface area (Å²) in [6.07, 6.45) is 2.65. The third-order valence-electron chi connectivity index (χ3n) is 3.14. The van der Waals surface area contributed by atoms with Gasteiger partial charge in [0, 0.05) is 25.2 Å². The van der Waals surface area contributed by atoms with E-state index in [1.54, 1.807) is 20.9 Å². The molecule has 3 N–H and O–H groups in total. The molecule has 23 heavy (non-hydrogen) atoms. The molecule has 0 saturated carbocycles. The predicted octanol–water partition coefficient (Wildman–Crippen LogP) is -0.153. The Balaban J connectivity index is 2.68. The fourth-order valence-corrected chi connectivity index (χ4v) is 3.00. The van der Waals surface area contributed by atoms with Gasteiger partial charge in [-0.3, -0.25) is 14.3 Å². The van der Waals surface area contributed by atoms with Crippen molar-refractivity contribution in [2.45, 2.75) is 50.1 Å². The highest BCUT2D eigenvalue weighted by Gasteiger charge is 2.27. The number of carboxylic acids is 1. The number of sulfonamides is 1. The molecule has 0 aliphatic carbocycles. The van der Waals surface area contributed by atoms with Crippen molar-refractivity contribution in [3.05, 3.63) is 12.4 Å². The van der Waals surface area contributed by atoms with E-state index in [9.17, 15) is 18.0 Å². The monoisotopic (exact) mass is 346 g/mol. The summed E-state index contributed by atoms with van der Waals surface area (Å²) in [4.78, 5) is 22.7. The van der Waals surface area contributed by atoms with Crippen LogP contribution in [-0.4, -0.2) is 46.8 Å². The van der Waals surface area contributed by atoms with Crippen molar-refractivity contribution < 1.29 is 23.1 Å². The van der Waals surface area contributed by atoms with Crippen molar-refractivity contribution >= 4 is 21.9 Å². The summed E-state index contributed by atoms with van der Waals surface area (Å²) in [6, 6.07) is -1.01. The van der Waals surface area contributed by atoms with E-state index in [0.717, 1.165) is 0 Å². The van der Waals surface area contributed by atoms with Crippen LogP contribution >= 0.6 is 0 Å². The lowest BCUT2D eigenvalue weighted by molar-refractivity contribution is -0.137. The molecule has 9 nitrogen and oxygen atoms in total. The van der Waals surface area contributed by atoms with Gasteiger partial charge in [-0.1, -0.05) is 0 Å². The number of nitrogens with zero attached hydrogens (tertiary/aromatic N) is 2. The van der Waals surface area contributed by atoms with Crippen LogP contribution in [0.4, 0.5) is 0 Å². The van der Waals surface area contributed by atoms with E-state index in [0.29, 0.717) is 0 Å². The zero-order valence-corrected chi connectivity index (χ0v) is 14.3. The Morgan fingerprint density at radius 3 is 2.52 bits per heavy atom. The Hall–Kier alpha value is -1.94. The van der Waals surface area contributed by atoms with Gasteiger partial charge in [-0.25, -0.2) is 8.42 Å². The first-order valence-electron chi connectivity index (χ1n) is 6.98. The summed E-state index contributed by atoms with van der Waals surface area (Å²) in [7, 11) is -2.27. The minimum absolute atomic E-state index is 0.0372. The maximum Gasteiger partial charge on any atom is 0.303 e. The van der Waals surface area contributed by atoms with E-state index >= 15 is 0 Å². The molecule has 10 heteroatoms. The molecule has 1 rings (SSSR count). The third-order valence-corrected chi connectivity index (χ3v) is 4.64. The molecule has 0 spiro atoms. The molecule has 1 heterocycles. The molecule has 0 radical (unpaired) electrons. The molecular weight excluding hydrogens is 324 g/mol. The van der Waals surface area contributed by atoms with Crippen LogP contribution < -0.4 is 10.0 Å². The zero-order valence-electron chi connectivity index (χ0n) is 13.5. The van der Waals surface area contributed by atoms with Gasteiger partial charge >= 0.3 is 5.97 Å². The second kappa shape index (κ2) is 7.09. The van der Waals surface area contributed by atoms with Crippen LogP contribution in [0.15, 0.2) is 17.3 Å². The van der Waals surface area contributed by atoms with Crippen molar-refractivity contribution in [1.82, 2.24) is 19.8 Å². The van der Waals surface area contributed by atoms with Crippen LogP contribution in [0.3, 0.4) is 0 Å². The van der Waals surface area contributed by atoms with Crippen LogP contribution in [0, 0.1) is 0 Å². The lowest BCUT2D eigenvalue weighted by atomic mass is 9.98. The van der Waals surface area contributed by atoms with Crippen LogP contribution in [0.2, 0.25) is 0 Å². The van der Waals surface area contributed by atoms with Crippen molar-refractivity contribution in [2.24, 2.45) is 7.05 Å². The van der Waals surface area contributed by atoms with Gasteiger partial charge in [-0.15, -0.1) is 0 Å². The van der Waals surface area contributed by atoms with Gasteiger partial charge in [-0.2, -0.15) is 9.82 Å². The first-order valence-corrected chi connectivity index (χ1v) is 8.46. The number of carbonyl (C=O) groups is 2. The van der Waals surface area contributed by atoms with Crippen LogP contribution in [0.25, 0.3) is 0 Å². The molecule has 1 amide bonds. The second-order valence-corrected chi connectivity index (χ2v) is 7.67. The third kappa shape index (κ3) is 5.99. The first-order chi connectivity index (χ1) is 10.4. The van der Waals surface area contributed by atoms with E-state index < -0.39 is 33.5 Å². The van der Waals surface area contributed by atoms with Crippen molar-refractivity contribution in [3.8, 4) is 0 Å². The number of aromatic nitrogens is 2. The quantitative estimate of drug-likeness (QED) is 0.600. The second-order valence-electron chi connectivity index (χ2n) is 5.96. The summed E-state index contributed by atoms with van der Waals surface area (Å²) in [5, 5.41) is 15.1. The number of carbonyl (C=O) groups excluding carboxylic acids is 1. The molecule has 1 unspecified atom stereocenters. The van der Waals surface area contributed by atoms with E-state index in [2.05, 4.69) is 15.1 Å². The average Bonchev–Trinajstić information content (AvgIpc) is 2.83. The lowest BCUT2D eigenvalue weighted by Crippen LogP contribution is -2.52. The summed E-state index contributed by atoms with van der Waals surface area (Å²) >= 11 is 0. The summed E-state index contributed by atoms with van der Waals surface area (Å²) in [5.41, 5.74) is -0.760. The van der Waals surface area contributed by atoms with Gasteiger partial charge in [0.05, 0.1) is 12.2 Å². The number of hydrogen-bond donors (Lipinski definition) is 3. The van der Waals surface area contributed by atoms with Crippen LogP contribution in [-0.2, 0) is 26.7 Å². The minimum atomic E-state index is -3.85. The highest BCUT2D eigenvalue weighted by atomic mass is 32.2. The normalized spacial score (nSPS) is 13.6. The summed E-state index contributed by atoms with van der Waals surface area (Å²) < 4.78 is 27.8. The molecule has 0 aromatic carbocycles. The van der Waals surface area contributed by atoms with Gasteiger partial charge in [0.25, 0.3) is 0 Å². The Morgan fingerprint density at radius 1 is 1.43 bits per heavy atom. The highest BCUT2D eigenvalue weighted by Crippen LogP contribution is 2.12. The number of rotatable bonds is 8. The summed E-state index contributed by atoms with van der Waals surface area (Å²) in [5.74, 6) is -1.49. The number of carboxylic acid groups (broad SMARTS) is 1. The van der Waals surface area contributed by atoms with Gasteiger partial charge in [-0.05, 0) is 27.2 Å². The van der Waals surface area contributed by atoms with Gasteiger partial charge in [0.1, 0.15) is 4.90 Å². The zero-order chi connectivity index (χ0) is 17.8. The molecule has 1 aromatic rings. The van der Waals surface area contributed by atoms with Gasteiger partial charge in [0.2, 0.25) is 15.9 Å². The highest BCUT2D eigenvalue weighted by molar-refractivity contribution is 7.89. The molecule has 1 atom stereocenters. The SMILES string of the molecule is CC(NS(=O)(=O)c1cnn(C)c1)C(=O)NC(C)(C)CCC(=O)O. The molecule has 0 fully saturated rings. The lowest BCUT2D eigenvalue weighted by Gasteiger charge is -2.27. The fraction of sp³-hybridized carbons (Fsp3) is 0.615. The predicted molar refractivity (Wildman–Crippen MR) is 82.1 cm³/mol. The molecule has 0 saturated heterocycles. The van der Waals surface area contributed by atoms with E-state index in [4.69, 9.17) is 5.11 Å². The maximum absolute atomic E-state index is 12.1. The van der Waals surface area contributed by atoms with Gasteiger partial charge < -0.3 is 10.4 Å². The van der Waals surface area contributed by atoms with E-state index in [1.165, 1.54) is 24.0 Å².